The number of ether oxygens (including phenoxy) is 1. The highest BCUT2D eigenvalue weighted by molar-refractivity contribution is 6.01. The molecule has 0 aromatic heterocycles. The summed E-state index contributed by atoms with van der Waals surface area (Å²) in [5.41, 5.74) is 5.15. The van der Waals surface area contributed by atoms with Crippen LogP contribution in [0.2, 0.25) is 0 Å². The van der Waals surface area contributed by atoms with Crippen molar-refractivity contribution in [1.82, 2.24) is 0 Å². The lowest BCUT2D eigenvalue weighted by Crippen LogP contribution is -2.28. The number of carbonyl (C=O) groups is 1. The van der Waals surface area contributed by atoms with Gasteiger partial charge in [-0.25, -0.2) is 0 Å². The molecular formula is C26H28O4. The van der Waals surface area contributed by atoms with E-state index in [1.807, 2.05) is 13.8 Å². The summed E-state index contributed by atoms with van der Waals surface area (Å²) in [4.78, 5) is 12.8. The number of phenols is 2. The lowest BCUT2D eigenvalue weighted by atomic mass is 9.78. The lowest BCUT2D eigenvalue weighted by molar-refractivity contribution is 0.0961. The van der Waals surface area contributed by atoms with Crippen LogP contribution in [0.1, 0.15) is 72.6 Å². The molecule has 0 saturated heterocycles. The number of rotatable bonds is 3. The lowest BCUT2D eigenvalue weighted by Gasteiger charge is -2.31. The van der Waals surface area contributed by atoms with Crippen LogP contribution in [0.4, 0.5) is 0 Å². The molecule has 0 bridgehead atoms. The molecule has 0 amide bonds. The topological polar surface area (TPSA) is 66.8 Å². The third-order valence-corrected chi connectivity index (χ3v) is 5.81. The van der Waals surface area contributed by atoms with Crippen molar-refractivity contribution >= 4 is 11.9 Å². The van der Waals surface area contributed by atoms with Crippen molar-refractivity contribution < 1.29 is 19.7 Å². The highest BCUT2D eigenvalue weighted by Gasteiger charge is 2.31. The molecule has 4 rings (SSSR count). The van der Waals surface area contributed by atoms with Crippen LogP contribution in [0.15, 0.2) is 42.0 Å². The first kappa shape index (κ1) is 20.3. The van der Waals surface area contributed by atoms with Gasteiger partial charge in [-0.15, -0.1) is 0 Å². The Balaban J connectivity index is 1.77. The zero-order valence-corrected chi connectivity index (χ0v) is 18.0. The molecule has 1 unspecified atom stereocenters. The molecule has 2 aromatic rings. The van der Waals surface area contributed by atoms with Crippen molar-refractivity contribution in [3.63, 3.8) is 0 Å². The van der Waals surface area contributed by atoms with E-state index in [2.05, 4.69) is 44.2 Å². The van der Waals surface area contributed by atoms with E-state index in [1.54, 1.807) is 6.07 Å². The second kappa shape index (κ2) is 7.35. The van der Waals surface area contributed by atoms with E-state index in [0.29, 0.717) is 24.0 Å². The first-order valence-electron chi connectivity index (χ1n) is 10.4. The normalized spacial score (nSPS) is 18.9. The van der Waals surface area contributed by atoms with E-state index in [-0.39, 0.29) is 28.8 Å². The number of hydrogen-bond acceptors (Lipinski definition) is 4. The fraction of sp³-hybridized carbons (Fsp3) is 0.346. The molecule has 4 nitrogen and oxygen atoms in total. The molecule has 0 saturated carbocycles. The molecular weight excluding hydrogens is 376 g/mol. The average molecular weight is 405 g/mol. The predicted molar refractivity (Wildman–Crippen MR) is 118 cm³/mol. The van der Waals surface area contributed by atoms with Gasteiger partial charge >= 0.3 is 0 Å². The third kappa shape index (κ3) is 3.87. The van der Waals surface area contributed by atoms with Gasteiger partial charge in [-0.1, -0.05) is 23.8 Å². The molecule has 2 aliphatic rings. The van der Waals surface area contributed by atoms with Crippen LogP contribution in [-0.4, -0.2) is 21.6 Å². The first-order valence-corrected chi connectivity index (χ1v) is 10.4. The summed E-state index contributed by atoms with van der Waals surface area (Å²) in [6.07, 6.45) is 8.04. The van der Waals surface area contributed by atoms with Crippen LogP contribution >= 0.6 is 0 Å². The highest BCUT2D eigenvalue weighted by Crippen LogP contribution is 2.42. The molecule has 1 aliphatic heterocycles. The van der Waals surface area contributed by atoms with Crippen molar-refractivity contribution in [1.29, 1.82) is 0 Å². The van der Waals surface area contributed by atoms with Crippen LogP contribution in [-0.2, 0) is 12.8 Å². The quantitative estimate of drug-likeness (QED) is 0.644. The minimum absolute atomic E-state index is 0.00899. The highest BCUT2D eigenvalue weighted by atomic mass is 16.5. The summed E-state index contributed by atoms with van der Waals surface area (Å²) in [6, 6.07) is 7.09. The van der Waals surface area contributed by atoms with Gasteiger partial charge in [-0.05, 0) is 81.4 Å². The number of benzene rings is 2. The SMILES string of the molecule is CC(C)=CCc1cc(C2CC(=O)c3c(O)cc(O)cc3C2)cc2c1OC(C)(C)C=C2. The Kier molecular flexibility index (Phi) is 4.97. The van der Waals surface area contributed by atoms with Gasteiger partial charge in [-0.2, -0.15) is 0 Å². The van der Waals surface area contributed by atoms with Gasteiger partial charge in [-0.3, -0.25) is 4.79 Å². The molecule has 1 heterocycles. The summed E-state index contributed by atoms with van der Waals surface area (Å²) in [5, 5.41) is 20.0. The molecule has 30 heavy (non-hydrogen) atoms. The first-order chi connectivity index (χ1) is 14.1. The monoisotopic (exact) mass is 404 g/mol. The van der Waals surface area contributed by atoms with Gasteiger partial charge in [0.1, 0.15) is 22.8 Å². The van der Waals surface area contributed by atoms with Crippen LogP contribution in [0, 0.1) is 0 Å². The van der Waals surface area contributed by atoms with Crippen molar-refractivity contribution in [2.45, 2.75) is 58.5 Å². The summed E-state index contributed by atoms with van der Waals surface area (Å²) >= 11 is 0. The third-order valence-electron chi connectivity index (χ3n) is 5.81. The number of allylic oxidation sites excluding steroid dienone is 2. The zero-order valence-electron chi connectivity index (χ0n) is 18.0. The Labute approximate surface area is 177 Å². The smallest absolute Gasteiger partial charge is 0.167 e. The molecule has 1 aliphatic carbocycles. The number of aromatic hydroxyl groups is 2. The van der Waals surface area contributed by atoms with Crippen molar-refractivity contribution in [2.24, 2.45) is 0 Å². The Morgan fingerprint density at radius 1 is 1.17 bits per heavy atom. The maximum atomic E-state index is 12.8. The molecule has 0 spiro atoms. The Morgan fingerprint density at radius 3 is 2.67 bits per heavy atom. The molecule has 0 fully saturated rings. The summed E-state index contributed by atoms with van der Waals surface area (Å²) < 4.78 is 6.28. The zero-order chi connectivity index (χ0) is 21.6. The summed E-state index contributed by atoms with van der Waals surface area (Å²) in [5.74, 6) is 0.650. The Hall–Kier alpha value is -3.01. The Morgan fingerprint density at radius 2 is 1.93 bits per heavy atom. The van der Waals surface area contributed by atoms with Gasteiger partial charge in [0.25, 0.3) is 0 Å². The summed E-state index contributed by atoms with van der Waals surface area (Å²) in [6.45, 7) is 8.24. The molecule has 2 N–H and O–H groups in total. The van der Waals surface area contributed by atoms with Crippen LogP contribution in [0.3, 0.4) is 0 Å². The van der Waals surface area contributed by atoms with Crippen molar-refractivity contribution in [3.05, 3.63) is 69.8 Å². The van der Waals surface area contributed by atoms with E-state index in [4.69, 9.17) is 4.74 Å². The van der Waals surface area contributed by atoms with Crippen molar-refractivity contribution in [2.75, 3.05) is 0 Å². The van der Waals surface area contributed by atoms with Gasteiger partial charge in [0.15, 0.2) is 5.78 Å². The average Bonchev–Trinajstić information content (AvgIpc) is 2.64. The molecule has 1 atom stereocenters. The largest absolute Gasteiger partial charge is 0.508 e. The second-order valence-electron chi connectivity index (χ2n) is 9.15. The number of carbonyl (C=O) groups excluding carboxylic acids is 1. The second-order valence-corrected chi connectivity index (χ2v) is 9.15. The van der Waals surface area contributed by atoms with Crippen LogP contribution < -0.4 is 4.74 Å². The van der Waals surface area contributed by atoms with Crippen LogP contribution in [0.25, 0.3) is 6.08 Å². The van der Waals surface area contributed by atoms with E-state index in [9.17, 15) is 15.0 Å². The van der Waals surface area contributed by atoms with Gasteiger partial charge in [0.2, 0.25) is 0 Å². The minimum Gasteiger partial charge on any atom is -0.508 e. The predicted octanol–water partition coefficient (Wildman–Crippen LogP) is 5.70. The van der Waals surface area contributed by atoms with E-state index >= 15 is 0 Å². The fourth-order valence-corrected chi connectivity index (χ4v) is 4.33. The number of hydrogen-bond donors (Lipinski definition) is 2. The van der Waals surface area contributed by atoms with E-state index in [1.165, 1.54) is 11.6 Å². The minimum atomic E-state index is -0.358. The maximum absolute atomic E-state index is 12.8. The van der Waals surface area contributed by atoms with Crippen LogP contribution in [0.5, 0.6) is 17.2 Å². The van der Waals surface area contributed by atoms with Gasteiger partial charge in [0, 0.05) is 18.1 Å². The maximum Gasteiger partial charge on any atom is 0.167 e. The van der Waals surface area contributed by atoms with E-state index in [0.717, 1.165) is 28.9 Å². The molecule has 0 radical (unpaired) electrons. The number of fused-ring (bicyclic) bond motifs is 2. The van der Waals surface area contributed by atoms with Crippen molar-refractivity contribution in [3.8, 4) is 17.2 Å². The number of ketones is 1. The Bertz CT molecular complexity index is 1080. The standard InChI is InChI=1S/C26H28O4/c1-15(2)5-6-16-9-18(10-17-7-8-26(3,4)30-25(16)17)19-11-20-12-21(27)14-23(29)24(20)22(28)13-19/h5,7-10,12,14,19,27,29H,6,11,13H2,1-4H3. The number of Topliss-reactive ketones (excluding diaryl/α,β-unsaturated/α-hetero) is 1. The van der Waals surface area contributed by atoms with E-state index < -0.39 is 0 Å². The summed E-state index contributed by atoms with van der Waals surface area (Å²) in [7, 11) is 0. The molecule has 2 aromatic carbocycles. The molecule has 156 valence electrons. The fourth-order valence-electron chi connectivity index (χ4n) is 4.33. The number of phenolic OH excluding ortho intramolecular Hbond substituents is 2. The molecule has 4 heteroatoms. The van der Waals surface area contributed by atoms with Gasteiger partial charge in [0.05, 0.1) is 5.56 Å². The van der Waals surface area contributed by atoms with Gasteiger partial charge < -0.3 is 14.9 Å².